The van der Waals surface area contributed by atoms with Crippen LogP contribution in [0.1, 0.15) is 20.3 Å². The van der Waals surface area contributed by atoms with Crippen LogP contribution in [0, 0.1) is 0 Å². The largest absolute Gasteiger partial charge is 0.485 e. The van der Waals surface area contributed by atoms with E-state index in [4.69, 9.17) is 9.84 Å². The zero-order valence-electron chi connectivity index (χ0n) is 12.5. The maximum Gasteiger partial charge on any atom is 0.355 e. The standard InChI is InChI=1S/C18H13NO4S/c20-16(17-19-15(11-24-17)18(21)22)10-23-14-8-6-13(7-9-14)12-4-2-1-3-5-12/h1-9,11H,10H2,(H,21,22). The number of benzene rings is 2. The molecule has 0 amide bonds. The van der Waals surface area contributed by atoms with Crippen LogP contribution in [-0.4, -0.2) is 28.4 Å². The molecule has 0 spiro atoms. The van der Waals surface area contributed by atoms with Crippen molar-refractivity contribution in [3.05, 3.63) is 70.7 Å². The zero-order chi connectivity index (χ0) is 16.9. The molecule has 0 aliphatic heterocycles. The van der Waals surface area contributed by atoms with Gasteiger partial charge in [0.05, 0.1) is 0 Å². The molecule has 0 atom stereocenters. The molecular weight excluding hydrogens is 326 g/mol. The molecule has 3 rings (SSSR count). The number of rotatable bonds is 6. The van der Waals surface area contributed by atoms with Crippen molar-refractivity contribution in [3.63, 3.8) is 0 Å². The van der Waals surface area contributed by atoms with Gasteiger partial charge in [-0.05, 0) is 23.3 Å². The quantitative estimate of drug-likeness (QED) is 0.692. The molecule has 1 heterocycles. The van der Waals surface area contributed by atoms with E-state index in [2.05, 4.69) is 4.98 Å². The predicted octanol–water partition coefficient (Wildman–Crippen LogP) is 3.77. The highest BCUT2D eigenvalue weighted by Gasteiger charge is 2.15. The van der Waals surface area contributed by atoms with E-state index in [9.17, 15) is 9.59 Å². The fourth-order valence-electron chi connectivity index (χ4n) is 2.08. The van der Waals surface area contributed by atoms with E-state index in [0.717, 1.165) is 22.5 Å². The van der Waals surface area contributed by atoms with E-state index < -0.39 is 5.97 Å². The Morgan fingerprint density at radius 3 is 2.29 bits per heavy atom. The Kier molecular flexibility index (Phi) is 4.67. The van der Waals surface area contributed by atoms with Gasteiger partial charge in [-0.25, -0.2) is 9.78 Å². The Labute approximate surface area is 142 Å². The van der Waals surface area contributed by atoms with Crippen LogP contribution in [0.25, 0.3) is 11.1 Å². The van der Waals surface area contributed by atoms with Gasteiger partial charge in [0.1, 0.15) is 5.75 Å². The van der Waals surface area contributed by atoms with Gasteiger partial charge in [-0.2, -0.15) is 0 Å². The molecule has 6 heteroatoms. The second kappa shape index (κ2) is 7.06. The van der Waals surface area contributed by atoms with Gasteiger partial charge < -0.3 is 9.84 Å². The minimum atomic E-state index is -1.15. The Balaban J connectivity index is 1.62. The topological polar surface area (TPSA) is 76.5 Å². The number of Topliss-reactive ketones (excluding diaryl/α,β-unsaturated/α-hetero) is 1. The van der Waals surface area contributed by atoms with E-state index >= 15 is 0 Å². The van der Waals surface area contributed by atoms with E-state index in [0.29, 0.717) is 5.75 Å². The summed E-state index contributed by atoms with van der Waals surface area (Å²) >= 11 is 0.999. The monoisotopic (exact) mass is 339 g/mol. The number of carbonyl (C=O) groups excluding carboxylic acids is 1. The van der Waals surface area contributed by atoms with Crippen LogP contribution < -0.4 is 4.74 Å². The van der Waals surface area contributed by atoms with Crippen molar-refractivity contribution >= 4 is 23.1 Å². The second-order valence-corrected chi connectivity index (χ2v) is 5.80. The number of aromatic carboxylic acids is 1. The molecule has 0 radical (unpaired) electrons. The van der Waals surface area contributed by atoms with E-state index in [1.54, 1.807) is 12.1 Å². The SMILES string of the molecule is O=C(O)c1csc(C(=O)COc2ccc(-c3ccccc3)cc2)n1. The van der Waals surface area contributed by atoms with Gasteiger partial charge in [0.15, 0.2) is 17.3 Å². The highest BCUT2D eigenvalue weighted by Crippen LogP contribution is 2.22. The highest BCUT2D eigenvalue weighted by molar-refractivity contribution is 7.12. The number of nitrogens with zero attached hydrogens (tertiary/aromatic N) is 1. The third-order valence-electron chi connectivity index (χ3n) is 3.29. The number of carboxylic acid groups (broad SMARTS) is 1. The van der Waals surface area contributed by atoms with Gasteiger partial charge in [-0.15, -0.1) is 11.3 Å². The molecule has 24 heavy (non-hydrogen) atoms. The molecule has 0 bridgehead atoms. The number of aromatic nitrogens is 1. The molecule has 3 aromatic rings. The maximum atomic E-state index is 12.0. The average Bonchev–Trinajstić information content (AvgIpc) is 3.11. The normalized spacial score (nSPS) is 10.3. The van der Waals surface area contributed by atoms with Crippen molar-refractivity contribution in [1.29, 1.82) is 0 Å². The molecule has 120 valence electrons. The van der Waals surface area contributed by atoms with Crippen LogP contribution in [-0.2, 0) is 0 Å². The Morgan fingerprint density at radius 2 is 1.67 bits per heavy atom. The molecule has 0 saturated carbocycles. The number of thiazole rings is 1. The molecular formula is C18H13NO4S. The summed E-state index contributed by atoms with van der Waals surface area (Å²) in [4.78, 5) is 26.5. The maximum absolute atomic E-state index is 12.0. The first kappa shape index (κ1) is 15.9. The van der Waals surface area contributed by atoms with Crippen LogP contribution in [0.2, 0.25) is 0 Å². The van der Waals surface area contributed by atoms with Gasteiger partial charge >= 0.3 is 5.97 Å². The van der Waals surface area contributed by atoms with Gasteiger partial charge in [-0.1, -0.05) is 42.5 Å². The van der Waals surface area contributed by atoms with Crippen molar-refractivity contribution in [2.24, 2.45) is 0 Å². The summed E-state index contributed by atoms with van der Waals surface area (Å²) in [5, 5.41) is 10.3. The summed E-state index contributed by atoms with van der Waals surface area (Å²) < 4.78 is 5.45. The smallest absolute Gasteiger partial charge is 0.355 e. The molecule has 0 unspecified atom stereocenters. The summed E-state index contributed by atoms with van der Waals surface area (Å²) in [5.41, 5.74) is 2.03. The van der Waals surface area contributed by atoms with Crippen LogP contribution >= 0.6 is 11.3 Å². The number of ketones is 1. The first-order chi connectivity index (χ1) is 11.6. The molecule has 1 N–H and O–H groups in total. The van der Waals surface area contributed by atoms with Gasteiger partial charge in [0.25, 0.3) is 0 Å². The molecule has 0 fully saturated rings. The van der Waals surface area contributed by atoms with Crippen molar-refractivity contribution in [3.8, 4) is 16.9 Å². The molecule has 1 aromatic heterocycles. The van der Waals surface area contributed by atoms with E-state index in [1.807, 2.05) is 42.5 Å². The van der Waals surface area contributed by atoms with Gasteiger partial charge in [0, 0.05) is 5.38 Å². The fraction of sp³-hybridized carbons (Fsp3) is 0.0556. The van der Waals surface area contributed by atoms with Gasteiger partial charge in [-0.3, -0.25) is 4.79 Å². The number of carbonyl (C=O) groups is 2. The average molecular weight is 339 g/mol. The van der Waals surface area contributed by atoms with Crippen LogP contribution in [0.15, 0.2) is 60.0 Å². The number of hydrogen-bond donors (Lipinski definition) is 1. The second-order valence-electron chi connectivity index (χ2n) is 4.95. The highest BCUT2D eigenvalue weighted by atomic mass is 32.1. The Hall–Kier alpha value is -2.99. The summed E-state index contributed by atoms with van der Waals surface area (Å²) in [7, 11) is 0. The summed E-state index contributed by atoms with van der Waals surface area (Å²) in [6, 6.07) is 17.4. The first-order valence-electron chi connectivity index (χ1n) is 7.14. The first-order valence-corrected chi connectivity index (χ1v) is 8.02. The molecule has 0 aliphatic rings. The number of ether oxygens (including phenoxy) is 1. The van der Waals surface area contributed by atoms with E-state index in [1.165, 1.54) is 5.38 Å². The minimum Gasteiger partial charge on any atom is -0.485 e. The van der Waals surface area contributed by atoms with Crippen molar-refractivity contribution in [1.82, 2.24) is 4.98 Å². The van der Waals surface area contributed by atoms with Crippen LogP contribution in [0.3, 0.4) is 0 Å². The molecule has 2 aromatic carbocycles. The predicted molar refractivity (Wildman–Crippen MR) is 90.8 cm³/mol. The summed E-state index contributed by atoms with van der Waals surface area (Å²) in [5.74, 6) is -0.930. The van der Waals surface area contributed by atoms with Crippen molar-refractivity contribution < 1.29 is 19.4 Å². The number of hydrogen-bond acceptors (Lipinski definition) is 5. The Bertz CT molecular complexity index is 856. The lowest BCUT2D eigenvalue weighted by Gasteiger charge is -2.06. The third-order valence-corrected chi connectivity index (χ3v) is 4.18. The lowest BCUT2D eigenvalue weighted by Crippen LogP contribution is -2.11. The van der Waals surface area contributed by atoms with Crippen LogP contribution in [0.5, 0.6) is 5.75 Å². The lowest BCUT2D eigenvalue weighted by atomic mass is 10.1. The van der Waals surface area contributed by atoms with Crippen molar-refractivity contribution in [2.45, 2.75) is 0 Å². The number of carboxylic acids is 1. The van der Waals surface area contributed by atoms with E-state index in [-0.39, 0.29) is 23.1 Å². The van der Waals surface area contributed by atoms with Crippen LogP contribution in [0.4, 0.5) is 0 Å². The van der Waals surface area contributed by atoms with Gasteiger partial charge in [0.2, 0.25) is 5.78 Å². The zero-order valence-corrected chi connectivity index (χ0v) is 13.3. The van der Waals surface area contributed by atoms with Crippen molar-refractivity contribution in [2.75, 3.05) is 6.61 Å². The lowest BCUT2D eigenvalue weighted by molar-refractivity contribution is 0.0691. The Morgan fingerprint density at radius 1 is 1.00 bits per heavy atom. The third kappa shape index (κ3) is 3.67. The fourth-order valence-corrected chi connectivity index (χ4v) is 2.80. The molecule has 5 nitrogen and oxygen atoms in total. The summed E-state index contributed by atoms with van der Waals surface area (Å²) in [6.45, 7) is -0.183. The minimum absolute atomic E-state index is 0.129. The molecule has 0 saturated heterocycles. The summed E-state index contributed by atoms with van der Waals surface area (Å²) in [6.07, 6.45) is 0. The molecule has 0 aliphatic carbocycles.